The molecule has 0 aliphatic carbocycles. The average molecular weight is 504 g/mol. The number of nitrogens with zero attached hydrogens (tertiary/aromatic N) is 2. The van der Waals surface area contributed by atoms with Gasteiger partial charge in [0.2, 0.25) is 21.8 Å². The van der Waals surface area contributed by atoms with Gasteiger partial charge in [-0.05, 0) is 38.0 Å². The minimum Gasteiger partial charge on any atom is -0.486 e. The molecule has 0 bridgehead atoms. The quantitative estimate of drug-likeness (QED) is 0.534. The van der Waals surface area contributed by atoms with Crippen LogP contribution in [-0.4, -0.2) is 64.2 Å². The number of rotatable bonds is 10. The predicted octanol–water partition coefficient (Wildman–Crippen LogP) is 2.48. The van der Waals surface area contributed by atoms with E-state index in [-0.39, 0.29) is 37.7 Å². The molecule has 35 heavy (non-hydrogen) atoms. The maximum atomic E-state index is 13.2. The van der Waals surface area contributed by atoms with Crippen LogP contribution in [0.2, 0.25) is 0 Å². The topological polar surface area (TPSA) is 105 Å². The number of ether oxygens (including phenoxy) is 2. The lowest BCUT2D eigenvalue weighted by molar-refractivity contribution is -0.140. The standard InChI is InChI=1S/C25H33N3O6S/c1-18-7-5-8-20(15-18)17-27(19(2)25(30)26-3)24(29)9-6-12-28(35(4,31)32)21-10-11-22-23(16-21)34-14-13-33-22/h5,7-8,10-11,15-16,19H,6,9,12-14,17H2,1-4H3,(H,26,30). The zero-order valence-corrected chi connectivity index (χ0v) is 21.4. The number of fused-ring (bicyclic) bond motifs is 1. The zero-order valence-electron chi connectivity index (χ0n) is 20.6. The summed E-state index contributed by atoms with van der Waals surface area (Å²) in [6.07, 6.45) is 1.50. The molecule has 1 aliphatic heterocycles. The van der Waals surface area contributed by atoms with E-state index in [0.29, 0.717) is 30.4 Å². The highest BCUT2D eigenvalue weighted by atomic mass is 32.2. The molecule has 1 atom stereocenters. The number of sulfonamides is 1. The van der Waals surface area contributed by atoms with Crippen LogP contribution in [0.5, 0.6) is 11.5 Å². The lowest BCUT2D eigenvalue weighted by atomic mass is 10.1. The number of hydrogen-bond donors (Lipinski definition) is 1. The van der Waals surface area contributed by atoms with Gasteiger partial charge < -0.3 is 19.7 Å². The van der Waals surface area contributed by atoms with Crippen molar-refractivity contribution in [2.45, 2.75) is 39.3 Å². The molecule has 9 nitrogen and oxygen atoms in total. The van der Waals surface area contributed by atoms with Gasteiger partial charge in [0.25, 0.3) is 0 Å². The van der Waals surface area contributed by atoms with E-state index in [1.807, 2.05) is 31.2 Å². The number of hydrogen-bond acceptors (Lipinski definition) is 6. The van der Waals surface area contributed by atoms with E-state index in [0.717, 1.165) is 17.4 Å². The first kappa shape index (κ1) is 26.3. The fourth-order valence-electron chi connectivity index (χ4n) is 3.99. The molecule has 1 unspecified atom stereocenters. The van der Waals surface area contributed by atoms with E-state index in [1.54, 1.807) is 25.1 Å². The van der Waals surface area contributed by atoms with Crippen LogP contribution in [0.3, 0.4) is 0 Å². The summed E-state index contributed by atoms with van der Waals surface area (Å²) in [6.45, 7) is 4.88. The lowest BCUT2D eigenvalue weighted by Crippen LogP contribution is -2.46. The second-order valence-corrected chi connectivity index (χ2v) is 10.5. The Hall–Kier alpha value is -3.27. The van der Waals surface area contributed by atoms with Gasteiger partial charge >= 0.3 is 0 Å². The first-order valence-electron chi connectivity index (χ1n) is 11.5. The Balaban J connectivity index is 1.72. The van der Waals surface area contributed by atoms with Crippen LogP contribution < -0.4 is 19.1 Å². The van der Waals surface area contributed by atoms with Crippen LogP contribution in [0, 0.1) is 6.92 Å². The van der Waals surface area contributed by atoms with Crippen molar-refractivity contribution in [3.8, 4) is 11.5 Å². The van der Waals surface area contributed by atoms with E-state index in [4.69, 9.17) is 9.47 Å². The van der Waals surface area contributed by atoms with Gasteiger partial charge in [-0.15, -0.1) is 0 Å². The summed E-state index contributed by atoms with van der Waals surface area (Å²) in [5.74, 6) is 0.569. The van der Waals surface area contributed by atoms with Gasteiger partial charge in [-0.25, -0.2) is 8.42 Å². The molecule has 1 aliphatic rings. The summed E-state index contributed by atoms with van der Waals surface area (Å²) in [5, 5.41) is 2.60. The number of likely N-dealkylation sites (N-methyl/N-ethyl adjacent to an activating group) is 1. The Bertz CT molecular complexity index is 1170. The van der Waals surface area contributed by atoms with E-state index < -0.39 is 16.1 Å². The predicted molar refractivity (Wildman–Crippen MR) is 134 cm³/mol. The summed E-state index contributed by atoms with van der Waals surface area (Å²) >= 11 is 0. The number of amides is 2. The van der Waals surface area contributed by atoms with Crippen LogP contribution in [0.15, 0.2) is 42.5 Å². The maximum Gasteiger partial charge on any atom is 0.242 e. The van der Waals surface area contributed by atoms with Gasteiger partial charge in [0.15, 0.2) is 11.5 Å². The summed E-state index contributed by atoms with van der Waals surface area (Å²) in [6, 6.07) is 12.1. The van der Waals surface area contributed by atoms with Crippen molar-refractivity contribution in [3.63, 3.8) is 0 Å². The summed E-state index contributed by atoms with van der Waals surface area (Å²) in [7, 11) is -2.07. The second-order valence-electron chi connectivity index (χ2n) is 8.57. The molecule has 0 spiro atoms. The molecule has 1 heterocycles. The summed E-state index contributed by atoms with van der Waals surface area (Å²) < 4.78 is 37.4. The molecule has 0 radical (unpaired) electrons. The molecule has 2 amide bonds. The highest BCUT2D eigenvalue weighted by Crippen LogP contribution is 2.34. The molecular weight excluding hydrogens is 470 g/mol. The number of aryl methyl sites for hydroxylation is 1. The number of carbonyl (C=O) groups excluding carboxylic acids is 2. The molecule has 3 rings (SSSR count). The fourth-order valence-corrected chi connectivity index (χ4v) is 4.95. The van der Waals surface area contributed by atoms with E-state index >= 15 is 0 Å². The largest absolute Gasteiger partial charge is 0.486 e. The van der Waals surface area contributed by atoms with Gasteiger partial charge in [0, 0.05) is 32.6 Å². The van der Waals surface area contributed by atoms with E-state index in [2.05, 4.69) is 5.32 Å². The van der Waals surface area contributed by atoms with Crippen molar-refractivity contribution in [1.82, 2.24) is 10.2 Å². The van der Waals surface area contributed by atoms with Gasteiger partial charge in [-0.1, -0.05) is 29.8 Å². The van der Waals surface area contributed by atoms with Crippen molar-refractivity contribution >= 4 is 27.5 Å². The van der Waals surface area contributed by atoms with Crippen molar-refractivity contribution in [2.75, 3.05) is 37.4 Å². The smallest absolute Gasteiger partial charge is 0.242 e. The third kappa shape index (κ3) is 6.88. The first-order chi connectivity index (χ1) is 16.6. The molecule has 0 fully saturated rings. The van der Waals surface area contributed by atoms with Crippen molar-refractivity contribution in [2.24, 2.45) is 0 Å². The molecule has 0 aromatic heterocycles. The Kier molecular flexibility index (Phi) is 8.61. The lowest BCUT2D eigenvalue weighted by Gasteiger charge is -2.29. The third-order valence-corrected chi connectivity index (χ3v) is 7.01. The number of nitrogens with one attached hydrogen (secondary N) is 1. The molecule has 2 aromatic carbocycles. The molecular formula is C25H33N3O6S. The van der Waals surface area contributed by atoms with Crippen LogP contribution in [0.25, 0.3) is 0 Å². The number of anilines is 1. The molecule has 1 N–H and O–H groups in total. The highest BCUT2D eigenvalue weighted by Gasteiger charge is 2.26. The van der Waals surface area contributed by atoms with E-state index in [1.165, 1.54) is 16.3 Å². The van der Waals surface area contributed by atoms with Crippen molar-refractivity contribution in [1.29, 1.82) is 0 Å². The molecule has 190 valence electrons. The summed E-state index contributed by atoms with van der Waals surface area (Å²) in [4.78, 5) is 27.0. The SMILES string of the molecule is CNC(=O)C(C)N(Cc1cccc(C)c1)C(=O)CCCN(c1ccc2c(c1)OCCO2)S(C)(=O)=O. The second kappa shape index (κ2) is 11.4. The number of benzene rings is 2. The molecule has 0 saturated carbocycles. The van der Waals surface area contributed by atoms with E-state index in [9.17, 15) is 18.0 Å². The Labute approximate surface area is 207 Å². The highest BCUT2D eigenvalue weighted by molar-refractivity contribution is 7.92. The third-order valence-electron chi connectivity index (χ3n) is 5.82. The number of carbonyl (C=O) groups is 2. The van der Waals surface area contributed by atoms with Crippen LogP contribution >= 0.6 is 0 Å². The molecule has 10 heteroatoms. The normalized spacial score (nSPS) is 13.6. The van der Waals surface area contributed by atoms with Gasteiger partial charge in [-0.2, -0.15) is 0 Å². The fraction of sp³-hybridized carbons (Fsp3) is 0.440. The Morgan fingerprint density at radius 1 is 1.09 bits per heavy atom. The Morgan fingerprint density at radius 3 is 2.46 bits per heavy atom. The molecule has 2 aromatic rings. The Morgan fingerprint density at radius 2 is 1.80 bits per heavy atom. The van der Waals surface area contributed by atoms with Gasteiger partial charge in [-0.3, -0.25) is 13.9 Å². The molecule has 0 saturated heterocycles. The minimum atomic E-state index is -3.60. The van der Waals surface area contributed by atoms with Crippen LogP contribution in [0.1, 0.15) is 30.9 Å². The van der Waals surface area contributed by atoms with Crippen LogP contribution in [0.4, 0.5) is 5.69 Å². The first-order valence-corrected chi connectivity index (χ1v) is 13.4. The van der Waals surface area contributed by atoms with Crippen LogP contribution in [-0.2, 0) is 26.2 Å². The van der Waals surface area contributed by atoms with Crippen molar-refractivity contribution in [3.05, 3.63) is 53.6 Å². The maximum absolute atomic E-state index is 13.2. The zero-order chi connectivity index (χ0) is 25.6. The van der Waals surface area contributed by atoms with Gasteiger partial charge in [0.1, 0.15) is 19.3 Å². The monoisotopic (exact) mass is 503 g/mol. The minimum absolute atomic E-state index is 0.0870. The van der Waals surface area contributed by atoms with Gasteiger partial charge in [0.05, 0.1) is 11.9 Å². The van der Waals surface area contributed by atoms with Crippen molar-refractivity contribution < 1.29 is 27.5 Å². The summed E-state index contributed by atoms with van der Waals surface area (Å²) in [5.41, 5.74) is 2.42. The average Bonchev–Trinajstić information content (AvgIpc) is 2.83.